The van der Waals surface area contributed by atoms with E-state index in [0.29, 0.717) is 45.1 Å². The van der Waals surface area contributed by atoms with Gasteiger partial charge in [0.15, 0.2) is 0 Å². The molecule has 3 saturated heterocycles. The highest BCUT2D eigenvalue weighted by Crippen LogP contribution is 2.31. The summed E-state index contributed by atoms with van der Waals surface area (Å²) in [5.41, 5.74) is 8.52. The summed E-state index contributed by atoms with van der Waals surface area (Å²) in [5, 5.41) is 24.6. The molecule has 7 atom stereocenters. The van der Waals surface area contributed by atoms with Gasteiger partial charge in [-0.15, -0.1) is 11.3 Å². The van der Waals surface area contributed by atoms with Crippen molar-refractivity contribution < 1.29 is 53.0 Å². The van der Waals surface area contributed by atoms with Gasteiger partial charge in [-0.25, -0.2) is 9.78 Å². The summed E-state index contributed by atoms with van der Waals surface area (Å²) in [6.07, 6.45) is 2.65. The number of rotatable bonds is 21. The Bertz CT molecular complexity index is 2330. The van der Waals surface area contributed by atoms with Crippen LogP contribution in [0.3, 0.4) is 0 Å². The Hall–Kier alpha value is -6.16. The number of β-amino-alcohol motifs (C(OH)–C–C–N with tert-alkyl or cyclic N) is 1. The van der Waals surface area contributed by atoms with Gasteiger partial charge in [0.25, 0.3) is 0 Å². The standard InChI is InChI=1S/C52H78N10O11S/c1-31-43(74-30-56-31)34-17-15-33(16-18-34)27-55-46(68)40-26-36(64)28-61(40)49(71)44(51(3,4)5)59-42(66)14-12-10-9-11-13-24-54-45(67)37(20-22-41(53)65)57-47(69)39-21-19-35-23-25-60(32(2)63)29-38(48(70)62(35)39)58-50(72)73-52(6,7)8/h15-18,30,35-40,44,64H,9-14,19-29H2,1-8H3,(H2,53,65)(H,54,67)(H,55,68)(H,57,69)(H,58,72)(H,59,66)/t35-,36-,37+,38+,39+,40+,44-/m1/s1. The summed E-state index contributed by atoms with van der Waals surface area (Å²) in [6, 6.07) is 2.25. The molecular weight excluding hydrogens is 973 g/mol. The van der Waals surface area contributed by atoms with Gasteiger partial charge in [0.2, 0.25) is 47.3 Å². The Morgan fingerprint density at radius 3 is 2.19 bits per heavy atom. The van der Waals surface area contributed by atoms with E-state index in [9.17, 15) is 48.3 Å². The number of nitrogens with two attached hydrogens (primary N) is 1. The third kappa shape index (κ3) is 16.9. The third-order valence-electron chi connectivity index (χ3n) is 13.5. The van der Waals surface area contributed by atoms with Crippen molar-refractivity contribution in [2.45, 2.75) is 187 Å². The van der Waals surface area contributed by atoms with Gasteiger partial charge in [0.1, 0.15) is 35.8 Å². The quantitative estimate of drug-likeness (QED) is 0.0889. The van der Waals surface area contributed by atoms with Crippen molar-refractivity contribution >= 4 is 64.7 Å². The lowest BCUT2D eigenvalue weighted by molar-refractivity contribution is -0.145. The van der Waals surface area contributed by atoms with Gasteiger partial charge >= 0.3 is 6.09 Å². The van der Waals surface area contributed by atoms with Gasteiger partial charge in [-0.3, -0.25) is 38.4 Å². The first-order chi connectivity index (χ1) is 34.8. The number of aromatic nitrogens is 1. The average Bonchev–Trinajstić information content (AvgIpc) is 4.06. The lowest BCUT2D eigenvalue weighted by atomic mass is 9.85. The van der Waals surface area contributed by atoms with Crippen molar-refractivity contribution in [2.75, 3.05) is 26.2 Å². The first-order valence-electron chi connectivity index (χ1n) is 25.8. The minimum absolute atomic E-state index is 0.0323. The summed E-state index contributed by atoms with van der Waals surface area (Å²) in [5.74, 6) is -3.73. The first kappa shape index (κ1) is 58.7. The topological polar surface area (TPSA) is 292 Å². The van der Waals surface area contributed by atoms with E-state index in [-0.39, 0.29) is 76.0 Å². The molecule has 3 fully saturated rings. The van der Waals surface area contributed by atoms with Crippen LogP contribution in [0.25, 0.3) is 10.4 Å². The molecule has 1 aromatic carbocycles. The third-order valence-corrected chi connectivity index (χ3v) is 14.5. The number of carbonyl (C=O) groups excluding carboxylic acids is 9. The number of nitrogens with zero attached hydrogens (tertiary/aromatic N) is 4. The number of carbonyl (C=O) groups is 9. The molecule has 1 aromatic heterocycles. The largest absolute Gasteiger partial charge is 0.444 e. The maximum Gasteiger partial charge on any atom is 0.408 e. The molecule has 8 N–H and O–H groups in total. The molecule has 21 nitrogen and oxygen atoms in total. The Morgan fingerprint density at radius 1 is 0.865 bits per heavy atom. The number of ether oxygens (including phenoxy) is 1. The molecule has 2 aromatic rings. The summed E-state index contributed by atoms with van der Waals surface area (Å²) >= 11 is 1.56. The summed E-state index contributed by atoms with van der Waals surface area (Å²) in [4.78, 5) is 129. The second-order valence-electron chi connectivity index (χ2n) is 21.8. The Labute approximate surface area is 438 Å². The molecule has 3 aliphatic rings. The second-order valence-corrected chi connectivity index (χ2v) is 22.6. The molecule has 9 amide bonds. The fourth-order valence-electron chi connectivity index (χ4n) is 9.59. The number of primary amides is 1. The first-order valence-corrected chi connectivity index (χ1v) is 26.7. The molecular formula is C52H78N10O11S. The van der Waals surface area contributed by atoms with Gasteiger partial charge in [0.05, 0.1) is 28.7 Å². The van der Waals surface area contributed by atoms with Gasteiger partial charge in [-0.2, -0.15) is 0 Å². The van der Waals surface area contributed by atoms with Crippen LogP contribution in [0.4, 0.5) is 4.79 Å². The molecule has 4 heterocycles. The number of alkyl carbamates (subject to hydrolysis) is 1. The van der Waals surface area contributed by atoms with E-state index in [2.05, 4.69) is 31.6 Å². The van der Waals surface area contributed by atoms with Crippen LogP contribution in [0.15, 0.2) is 29.8 Å². The van der Waals surface area contributed by atoms with Crippen LogP contribution in [-0.2, 0) is 49.6 Å². The number of hydrogen-bond donors (Lipinski definition) is 7. The van der Waals surface area contributed by atoms with E-state index in [1.807, 2.05) is 52.0 Å². The van der Waals surface area contributed by atoms with E-state index in [1.165, 1.54) is 21.6 Å². The van der Waals surface area contributed by atoms with E-state index < -0.39 is 89.0 Å². The fraction of sp³-hybridized carbons (Fsp3) is 0.654. The molecule has 0 bridgehead atoms. The van der Waals surface area contributed by atoms with Crippen LogP contribution in [0.2, 0.25) is 0 Å². The van der Waals surface area contributed by atoms with Gasteiger partial charge in [-0.05, 0) is 82.8 Å². The van der Waals surface area contributed by atoms with Crippen molar-refractivity contribution in [1.82, 2.24) is 46.3 Å². The van der Waals surface area contributed by atoms with Crippen LogP contribution in [0.5, 0.6) is 0 Å². The van der Waals surface area contributed by atoms with Crippen molar-refractivity contribution in [3.05, 3.63) is 41.0 Å². The predicted molar refractivity (Wildman–Crippen MR) is 276 cm³/mol. The van der Waals surface area contributed by atoms with E-state index >= 15 is 0 Å². The van der Waals surface area contributed by atoms with Crippen molar-refractivity contribution in [1.29, 1.82) is 0 Å². The number of nitrogens with one attached hydrogen (secondary N) is 5. The Morgan fingerprint density at radius 2 is 1.55 bits per heavy atom. The SMILES string of the molecule is CC(=O)N1CC[C@H]2CC[C@@H](C(=O)N[C@@H](CCC(N)=O)C(=O)NCCCCCCCC(=O)N[C@H](C(=O)N3C[C@H](O)C[C@H]3C(=O)NCc3ccc(-c4scnc4C)cc3)C(C)(C)C)N2C(=O)[C@@H](NC(=O)OC(C)(C)C)C1. The number of unbranched alkanes of at least 4 members (excludes halogenated alkanes) is 4. The van der Waals surface area contributed by atoms with Crippen LogP contribution >= 0.6 is 11.3 Å². The van der Waals surface area contributed by atoms with Crippen molar-refractivity contribution in [3.63, 3.8) is 0 Å². The number of aryl methyl sites for hydroxylation is 1. The van der Waals surface area contributed by atoms with Gasteiger partial charge in [0, 0.05) is 58.4 Å². The minimum atomic E-state index is -1.19. The summed E-state index contributed by atoms with van der Waals surface area (Å²) in [6.45, 7) is 14.5. The smallest absolute Gasteiger partial charge is 0.408 e. The lowest BCUT2D eigenvalue weighted by Gasteiger charge is -2.38. The monoisotopic (exact) mass is 1050 g/mol. The van der Waals surface area contributed by atoms with Crippen molar-refractivity contribution in [2.24, 2.45) is 11.1 Å². The van der Waals surface area contributed by atoms with E-state index in [0.717, 1.165) is 28.1 Å². The number of benzene rings is 1. The van der Waals surface area contributed by atoms with Gasteiger partial charge < -0.3 is 56.9 Å². The Balaban J connectivity index is 1.06. The zero-order valence-electron chi connectivity index (χ0n) is 44.3. The highest BCUT2D eigenvalue weighted by molar-refractivity contribution is 7.13. The number of aliphatic hydroxyl groups is 1. The number of likely N-dealkylation sites (tertiary alicyclic amines) is 1. The summed E-state index contributed by atoms with van der Waals surface area (Å²) < 4.78 is 5.39. The molecule has 0 aliphatic carbocycles. The molecule has 0 saturated carbocycles. The van der Waals surface area contributed by atoms with Crippen LogP contribution in [0, 0.1) is 12.3 Å². The molecule has 3 aliphatic heterocycles. The lowest BCUT2D eigenvalue weighted by Crippen LogP contribution is -2.62. The second kappa shape index (κ2) is 26.4. The predicted octanol–water partition coefficient (Wildman–Crippen LogP) is 2.94. The highest BCUT2D eigenvalue weighted by atomic mass is 32.1. The highest BCUT2D eigenvalue weighted by Gasteiger charge is 2.47. The van der Waals surface area contributed by atoms with Crippen LogP contribution in [-0.4, -0.2) is 152 Å². The molecule has 0 radical (unpaired) electrons. The average molecular weight is 1050 g/mol. The molecule has 5 rings (SSSR count). The number of fused-ring (bicyclic) bond motifs is 1. The Kier molecular flexibility index (Phi) is 20.9. The zero-order chi connectivity index (χ0) is 54.5. The molecule has 0 unspecified atom stereocenters. The van der Waals surface area contributed by atoms with Gasteiger partial charge in [-0.1, -0.05) is 64.3 Å². The summed E-state index contributed by atoms with van der Waals surface area (Å²) in [7, 11) is 0. The zero-order valence-corrected chi connectivity index (χ0v) is 45.1. The molecule has 22 heteroatoms. The number of hydrogen-bond acceptors (Lipinski definition) is 13. The van der Waals surface area contributed by atoms with E-state index in [1.54, 1.807) is 37.6 Å². The fourth-order valence-corrected chi connectivity index (χ4v) is 10.4. The molecule has 408 valence electrons. The maximum atomic E-state index is 14.1. The number of thiazole rings is 1. The van der Waals surface area contributed by atoms with Crippen LogP contribution < -0.4 is 32.3 Å². The van der Waals surface area contributed by atoms with Crippen molar-refractivity contribution in [3.8, 4) is 10.4 Å². The van der Waals surface area contributed by atoms with E-state index in [4.69, 9.17) is 10.5 Å². The van der Waals surface area contributed by atoms with Crippen LogP contribution in [0.1, 0.15) is 137 Å². The molecule has 0 spiro atoms. The number of aliphatic hydroxyl groups excluding tert-OH is 1. The normalized spacial score (nSPS) is 20.9. The maximum absolute atomic E-state index is 14.1. The number of amides is 9. The minimum Gasteiger partial charge on any atom is -0.444 e. The molecule has 74 heavy (non-hydrogen) atoms.